The number of sulfonamides is 1. The van der Waals surface area contributed by atoms with E-state index in [4.69, 9.17) is 11.6 Å². The molecule has 3 aromatic rings. The van der Waals surface area contributed by atoms with Crippen LogP contribution in [0.1, 0.15) is 10.4 Å². The quantitative estimate of drug-likeness (QED) is 0.283. The molecule has 0 saturated heterocycles. The maximum atomic E-state index is 13.4. The normalized spacial score (nSPS) is 11.0. The van der Waals surface area contributed by atoms with E-state index in [2.05, 4.69) is 16.9 Å². The van der Waals surface area contributed by atoms with Gasteiger partial charge in [0.05, 0.1) is 22.2 Å². The standard InChI is InChI=1S/C21H16ClFN4O5S/c1-2-11-26(16-6-4-15(23)5-7-16)33(31,32)20-12-14(3-8-17(20)22)21(28)25-18-9-10-24-13-19(18)27(29)30/h2-10,12-13H,1,11H2,(H,24,25,28). The molecule has 0 bridgehead atoms. The van der Waals surface area contributed by atoms with Crippen molar-refractivity contribution in [2.24, 2.45) is 0 Å². The molecular formula is C21H16ClFN4O5S. The lowest BCUT2D eigenvalue weighted by Gasteiger charge is -2.24. The maximum absolute atomic E-state index is 13.4. The lowest BCUT2D eigenvalue weighted by molar-refractivity contribution is -0.384. The van der Waals surface area contributed by atoms with Crippen LogP contribution in [0.5, 0.6) is 0 Å². The molecular weight excluding hydrogens is 475 g/mol. The van der Waals surface area contributed by atoms with E-state index in [1.54, 1.807) is 0 Å². The highest BCUT2D eigenvalue weighted by Crippen LogP contribution is 2.30. The zero-order valence-electron chi connectivity index (χ0n) is 16.8. The summed E-state index contributed by atoms with van der Waals surface area (Å²) in [5, 5.41) is 13.4. The Balaban J connectivity index is 2.01. The lowest BCUT2D eigenvalue weighted by atomic mass is 10.2. The number of hydrogen-bond acceptors (Lipinski definition) is 6. The van der Waals surface area contributed by atoms with Crippen LogP contribution in [0, 0.1) is 15.9 Å². The second-order valence-corrected chi connectivity index (χ2v) is 8.79. The molecule has 0 aliphatic heterocycles. The van der Waals surface area contributed by atoms with Gasteiger partial charge in [0.15, 0.2) is 0 Å². The van der Waals surface area contributed by atoms with Gasteiger partial charge in [0.2, 0.25) is 0 Å². The number of aromatic nitrogens is 1. The molecule has 0 saturated carbocycles. The van der Waals surface area contributed by atoms with Gasteiger partial charge in [-0.05, 0) is 48.5 Å². The summed E-state index contributed by atoms with van der Waals surface area (Å²) in [6.45, 7) is 3.40. The minimum absolute atomic E-state index is 0.109. The van der Waals surface area contributed by atoms with Crippen molar-refractivity contribution in [3.05, 3.63) is 100 Å². The highest BCUT2D eigenvalue weighted by Gasteiger charge is 2.28. The van der Waals surface area contributed by atoms with Gasteiger partial charge >= 0.3 is 5.69 Å². The van der Waals surface area contributed by atoms with Crippen molar-refractivity contribution in [2.45, 2.75) is 4.90 Å². The first-order valence-electron chi connectivity index (χ1n) is 9.23. The molecule has 0 aliphatic carbocycles. The fraction of sp³-hybridized carbons (Fsp3) is 0.0476. The predicted molar refractivity (Wildman–Crippen MR) is 121 cm³/mol. The van der Waals surface area contributed by atoms with Crippen LogP contribution in [0.4, 0.5) is 21.5 Å². The van der Waals surface area contributed by atoms with Crippen LogP contribution >= 0.6 is 11.6 Å². The fourth-order valence-electron chi connectivity index (χ4n) is 2.86. The number of rotatable bonds is 8. The number of hydrogen-bond donors (Lipinski definition) is 1. The smallest absolute Gasteiger partial charge is 0.310 e. The van der Waals surface area contributed by atoms with E-state index in [0.717, 1.165) is 28.7 Å². The Morgan fingerprint density at radius 1 is 1.24 bits per heavy atom. The number of nitro groups is 1. The number of anilines is 2. The van der Waals surface area contributed by atoms with Crippen LogP contribution in [0.3, 0.4) is 0 Å². The largest absolute Gasteiger partial charge is 0.316 e. The Labute approximate surface area is 193 Å². The van der Waals surface area contributed by atoms with Gasteiger partial charge in [0, 0.05) is 11.8 Å². The number of carbonyl (C=O) groups excluding carboxylic acids is 1. The minimum Gasteiger partial charge on any atom is -0.316 e. The number of halogens is 2. The van der Waals surface area contributed by atoms with Gasteiger partial charge in [0.1, 0.15) is 22.6 Å². The molecule has 0 aliphatic rings. The van der Waals surface area contributed by atoms with Gasteiger partial charge in [-0.15, -0.1) is 6.58 Å². The SMILES string of the molecule is C=CCN(c1ccc(F)cc1)S(=O)(=O)c1cc(C(=O)Nc2ccncc2[N+](=O)[O-])ccc1Cl. The molecule has 1 amide bonds. The number of benzene rings is 2. The van der Waals surface area contributed by atoms with Gasteiger partial charge in [-0.1, -0.05) is 17.7 Å². The van der Waals surface area contributed by atoms with E-state index in [-0.39, 0.29) is 33.4 Å². The zero-order chi connectivity index (χ0) is 24.2. The third-order valence-corrected chi connectivity index (χ3v) is 6.69. The summed E-state index contributed by atoms with van der Waals surface area (Å²) in [5.74, 6) is -1.34. The molecule has 0 fully saturated rings. The molecule has 0 atom stereocenters. The molecule has 2 aromatic carbocycles. The van der Waals surface area contributed by atoms with Crippen LogP contribution in [0.2, 0.25) is 5.02 Å². The molecule has 1 N–H and O–H groups in total. The first kappa shape index (κ1) is 23.8. The highest BCUT2D eigenvalue weighted by molar-refractivity contribution is 7.93. The van der Waals surface area contributed by atoms with Gasteiger partial charge < -0.3 is 5.32 Å². The first-order valence-corrected chi connectivity index (χ1v) is 11.1. The number of carbonyl (C=O) groups is 1. The summed E-state index contributed by atoms with van der Waals surface area (Å²) in [6.07, 6.45) is 3.58. The van der Waals surface area contributed by atoms with Gasteiger partial charge in [-0.3, -0.25) is 24.2 Å². The molecule has 0 unspecified atom stereocenters. The van der Waals surface area contributed by atoms with Gasteiger partial charge in [-0.25, -0.2) is 12.8 Å². The Hall–Kier alpha value is -3.83. The van der Waals surface area contributed by atoms with Crippen LogP contribution in [0.15, 0.2) is 78.5 Å². The van der Waals surface area contributed by atoms with Crippen molar-refractivity contribution in [2.75, 3.05) is 16.2 Å². The number of nitrogens with zero attached hydrogens (tertiary/aromatic N) is 3. The highest BCUT2D eigenvalue weighted by atomic mass is 35.5. The zero-order valence-corrected chi connectivity index (χ0v) is 18.4. The summed E-state index contributed by atoms with van der Waals surface area (Å²) in [6, 6.07) is 9.57. The van der Waals surface area contributed by atoms with Crippen molar-refractivity contribution >= 4 is 44.6 Å². The average Bonchev–Trinajstić information content (AvgIpc) is 2.78. The summed E-state index contributed by atoms with van der Waals surface area (Å²) in [4.78, 5) is 26.4. The lowest BCUT2D eigenvalue weighted by Crippen LogP contribution is -2.31. The van der Waals surface area contributed by atoms with Crippen LogP contribution < -0.4 is 9.62 Å². The molecule has 0 spiro atoms. The van der Waals surface area contributed by atoms with Crippen molar-refractivity contribution < 1.29 is 22.5 Å². The third kappa shape index (κ3) is 5.16. The molecule has 9 nitrogen and oxygen atoms in total. The van der Waals surface area contributed by atoms with E-state index in [0.29, 0.717) is 0 Å². The molecule has 1 aromatic heterocycles. The average molecular weight is 491 g/mol. The summed E-state index contributed by atoms with van der Waals surface area (Å²) in [5.41, 5.74) is -0.489. The van der Waals surface area contributed by atoms with Gasteiger partial charge in [-0.2, -0.15) is 0 Å². The second kappa shape index (κ2) is 9.76. The topological polar surface area (TPSA) is 123 Å². The molecule has 0 radical (unpaired) electrons. The Morgan fingerprint density at radius 2 is 1.94 bits per heavy atom. The maximum Gasteiger partial charge on any atom is 0.310 e. The monoisotopic (exact) mass is 490 g/mol. The summed E-state index contributed by atoms with van der Waals surface area (Å²) in [7, 11) is -4.30. The summed E-state index contributed by atoms with van der Waals surface area (Å²) >= 11 is 6.15. The molecule has 170 valence electrons. The van der Waals surface area contributed by atoms with Gasteiger partial charge in [0.25, 0.3) is 15.9 Å². The van der Waals surface area contributed by atoms with E-state index in [1.165, 1.54) is 42.6 Å². The van der Waals surface area contributed by atoms with Crippen LogP contribution in [-0.2, 0) is 10.0 Å². The van der Waals surface area contributed by atoms with Crippen molar-refractivity contribution in [1.82, 2.24) is 4.98 Å². The van der Waals surface area contributed by atoms with Crippen molar-refractivity contribution in [3.63, 3.8) is 0 Å². The summed E-state index contributed by atoms with van der Waals surface area (Å²) < 4.78 is 41.0. The van der Waals surface area contributed by atoms with Crippen LogP contribution in [0.25, 0.3) is 0 Å². The van der Waals surface area contributed by atoms with Crippen LogP contribution in [-0.4, -0.2) is 30.8 Å². The third-order valence-electron chi connectivity index (χ3n) is 4.42. The number of amides is 1. The molecule has 33 heavy (non-hydrogen) atoms. The van der Waals surface area contributed by atoms with Crippen molar-refractivity contribution in [3.8, 4) is 0 Å². The van der Waals surface area contributed by atoms with E-state index < -0.39 is 32.4 Å². The van der Waals surface area contributed by atoms with E-state index in [1.807, 2.05) is 0 Å². The predicted octanol–water partition coefficient (Wildman–Crippen LogP) is 4.42. The number of pyridine rings is 1. The van der Waals surface area contributed by atoms with E-state index in [9.17, 15) is 27.7 Å². The Bertz CT molecular complexity index is 1330. The van der Waals surface area contributed by atoms with Crippen molar-refractivity contribution in [1.29, 1.82) is 0 Å². The molecule has 1 heterocycles. The van der Waals surface area contributed by atoms with E-state index >= 15 is 0 Å². The molecule has 12 heteroatoms. The first-order chi connectivity index (χ1) is 15.6. The number of nitrogens with one attached hydrogen (secondary N) is 1. The second-order valence-electron chi connectivity index (χ2n) is 6.55. The fourth-order valence-corrected chi connectivity index (χ4v) is 4.80. The Morgan fingerprint density at radius 3 is 2.58 bits per heavy atom. The minimum atomic E-state index is -4.30. The Kier molecular flexibility index (Phi) is 7.04. The molecule has 3 rings (SSSR count).